The zero-order valence-corrected chi connectivity index (χ0v) is 20.9. The molecule has 0 aliphatic carbocycles. The van der Waals surface area contributed by atoms with Gasteiger partial charge in [0.25, 0.3) is 0 Å². The number of rotatable bonds is 4. The first-order valence-corrected chi connectivity index (χ1v) is 10.8. The van der Waals surface area contributed by atoms with E-state index in [0.717, 1.165) is 6.42 Å². The number of hydrogen-bond donors (Lipinski definition) is 0. The first kappa shape index (κ1) is 28.5. The van der Waals surface area contributed by atoms with Gasteiger partial charge in [0, 0.05) is 20.4 Å². The van der Waals surface area contributed by atoms with E-state index in [0.29, 0.717) is 0 Å². The van der Waals surface area contributed by atoms with Crippen molar-refractivity contribution in [3.8, 4) is 0 Å². The summed E-state index contributed by atoms with van der Waals surface area (Å²) in [5, 5.41) is 4.31. The molecule has 0 spiro atoms. The van der Waals surface area contributed by atoms with Gasteiger partial charge in [-0.15, -0.1) is 12.7 Å². The van der Waals surface area contributed by atoms with Crippen LogP contribution in [0.5, 0.6) is 0 Å². The molecule has 0 bridgehead atoms. The Balaban J connectivity index is 0.000000626. The summed E-state index contributed by atoms with van der Waals surface area (Å²) in [4.78, 5) is 0. The molecular formula is C27H24NOPRe-4. The van der Waals surface area contributed by atoms with Crippen LogP contribution in [0.3, 0.4) is 0 Å². The van der Waals surface area contributed by atoms with Crippen LogP contribution in [0.2, 0.25) is 0 Å². The van der Waals surface area contributed by atoms with E-state index in [1.54, 1.807) is 12.1 Å². The minimum Gasteiger partial charge on any atom is -0.999 e. The van der Waals surface area contributed by atoms with Gasteiger partial charge in [-0.2, -0.15) is 6.42 Å². The van der Waals surface area contributed by atoms with Crippen LogP contribution in [0.4, 0.5) is 0 Å². The number of benzene rings is 3. The van der Waals surface area contributed by atoms with Crippen molar-refractivity contribution in [3.05, 3.63) is 141 Å². The minimum atomic E-state index is -0.877. The van der Waals surface area contributed by atoms with Crippen LogP contribution in [0.25, 0.3) is 0 Å². The van der Waals surface area contributed by atoms with Crippen LogP contribution in [0.15, 0.2) is 110 Å². The van der Waals surface area contributed by atoms with Crippen LogP contribution in [0, 0.1) is 36.7 Å². The van der Waals surface area contributed by atoms with Gasteiger partial charge >= 0.3 is 10.2 Å². The Hall–Kier alpha value is -2.49. The van der Waals surface area contributed by atoms with Crippen molar-refractivity contribution < 1.29 is 25.2 Å². The van der Waals surface area contributed by atoms with Crippen LogP contribution in [-0.4, -0.2) is 0 Å². The second-order valence-corrected chi connectivity index (χ2v) is 8.22. The fourth-order valence-electron chi connectivity index (χ4n) is 2.49. The molecule has 0 atom stereocenters. The molecule has 0 unspecified atom stereocenters. The van der Waals surface area contributed by atoms with Crippen molar-refractivity contribution in [3.63, 3.8) is 0 Å². The molecule has 0 amide bonds. The molecule has 0 N–H and O–H groups in total. The van der Waals surface area contributed by atoms with E-state index < -0.39 is 7.92 Å². The zero-order valence-electron chi connectivity index (χ0n) is 17.2. The SMILES string of the molecule is C=CC[CH2-].N#[O+].[Re].[c-]1[c-][c-][cH-][c-]1.c1ccc([PH+](c2ccccc2)c2ccccc2)cc1. The third-order valence-electron chi connectivity index (χ3n) is 3.74. The Morgan fingerprint density at radius 2 is 1.06 bits per heavy atom. The number of nitrogens with zero attached hydrogens (tertiary/aromatic N) is 1. The predicted octanol–water partition coefficient (Wildman–Crippen LogP) is 5.07. The molecule has 4 heteroatoms. The first-order valence-electron chi connectivity index (χ1n) is 9.31. The van der Waals surface area contributed by atoms with Crippen LogP contribution >= 0.6 is 7.92 Å². The fourth-order valence-corrected chi connectivity index (χ4v) is 5.07. The molecule has 31 heavy (non-hydrogen) atoms. The van der Waals surface area contributed by atoms with Gasteiger partial charge in [0.15, 0.2) is 0 Å². The third-order valence-corrected chi connectivity index (χ3v) is 6.47. The van der Waals surface area contributed by atoms with E-state index in [9.17, 15) is 0 Å². The molecule has 2 nitrogen and oxygen atoms in total. The molecule has 0 aromatic heterocycles. The van der Waals surface area contributed by atoms with E-state index >= 15 is 0 Å². The van der Waals surface area contributed by atoms with Crippen molar-refractivity contribution in [1.29, 1.82) is 5.46 Å². The normalized spacial score (nSPS) is 8.65. The van der Waals surface area contributed by atoms with E-state index in [2.05, 4.69) is 129 Å². The summed E-state index contributed by atoms with van der Waals surface area (Å²) in [6.07, 6.45) is 2.60. The van der Waals surface area contributed by atoms with Crippen molar-refractivity contribution in [1.82, 2.24) is 0 Å². The van der Waals surface area contributed by atoms with E-state index in [4.69, 9.17) is 10.2 Å². The molecule has 4 aromatic rings. The Kier molecular flexibility index (Phi) is 17.9. The van der Waals surface area contributed by atoms with Gasteiger partial charge in [0.2, 0.25) is 0 Å². The summed E-state index contributed by atoms with van der Waals surface area (Å²) in [5.41, 5.74) is 5.75. The zero-order chi connectivity index (χ0) is 21.9. The molecule has 0 aliphatic rings. The quantitative estimate of drug-likeness (QED) is 0.141. The molecule has 0 fully saturated rings. The van der Waals surface area contributed by atoms with Gasteiger partial charge in [0.1, 0.15) is 15.9 Å². The molecule has 0 aliphatic heterocycles. The molecule has 4 rings (SSSR count). The topological polar surface area (TPSA) is 43.7 Å². The first-order chi connectivity index (χ1) is 14.9. The smallest absolute Gasteiger partial charge is 0.102 e. The molecule has 159 valence electrons. The van der Waals surface area contributed by atoms with E-state index in [-0.39, 0.29) is 20.4 Å². The third kappa shape index (κ3) is 11.5. The van der Waals surface area contributed by atoms with Crippen molar-refractivity contribution in [2.45, 2.75) is 6.42 Å². The maximum absolute atomic E-state index is 7.25. The maximum atomic E-state index is 7.25. The molecule has 4 aromatic carbocycles. The molecule has 0 heterocycles. The number of allylic oxidation sites excluding steroid dienone is 1. The average Bonchev–Trinajstić information content (AvgIpc) is 3.43. The maximum Gasteiger partial charge on any atom is 0.102 e. The van der Waals surface area contributed by atoms with Gasteiger partial charge in [-0.1, -0.05) is 54.6 Å². The summed E-state index contributed by atoms with van der Waals surface area (Å²) < 4.78 is 7.25. The summed E-state index contributed by atoms with van der Waals surface area (Å²) in [5.74, 6) is 0. The van der Waals surface area contributed by atoms with Gasteiger partial charge in [-0.3, -0.25) is 0 Å². The summed E-state index contributed by atoms with van der Waals surface area (Å²) >= 11 is 0. The van der Waals surface area contributed by atoms with Gasteiger partial charge in [-0.05, 0) is 36.4 Å². The van der Waals surface area contributed by atoms with Gasteiger partial charge in [0.05, 0.1) is 7.92 Å². The monoisotopic (exact) mass is 596 g/mol. The standard InChI is InChI=1S/C18H15P.C5H.C4H7.NO.Re/c1-4-10-16(11-5-1)19(17-12-6-2-7-13-17)18-14-8-3-9-15-18;1-2-4-5-3-1;1-3-4-2;1-2;/h1-15H;1H;3H,1-2,4H2;;/q;-5;-1;+1;/p+1. The van der Waals surface area contributed by atoms with Crippen LogP contribution < -0.4 is 15.9 Å². The van der Waals surface area contributed by atoms with Crippen molar-refractivity contribution >= 4 is 23.8 Å². The second-order valence-electron chi connectivity index (χ2n) is 5.73. The van der Waals surface area contributed by atoms with Gasteiger partial charge < -0.3 is 37.3 Å². The van der Waals surface area contributed by atoms with Crippen LogP contribution in [0.1, 0.15) is 6.42 Å². The van der Waals surface area contributed by atoms with Gasteiger partial charge in [-0.25, -0.2) is 0 Å². The van der Waals surface area contributed by atoms with Crippen molar-refractivity contribution in [2.75, 3.05) is 0 Å². The predicted molar refractivity (Wildman–Crippen MR) is 127 cm³/mol. The Morgan fingerprint density at radius 1 is 0.774 bits per heavy atom. The second kappa shape index (κ2) is 19.5. The largest absolute Gasteiger partial charge is 0.999 e. The van der Waals surface area contributed by atoms with E-state index in [1.165, 1.54) is 15.9 Å². The molecular weight excluding hydrogens is 571 g/mol. The van der Waals surface area contributed by atoms with Crippen molar-refractivity contribution in [2.24, 2.45) is 0 Å². The minimum absolute atomic E-state index is 0. The fraction of sp³-hybridized carbons (Fsp3) is 0.0370. The van der Waals surface area contributed by atoms with Crippen LogP contribution in [-0.2, 0) is 25.2 Å². The Labute approximate surface area is 201 Å². The average molecular weight is 596 g/mol. The molecule has 0 saturated carbocycles. The summed E-state index contributed by atoms with van der Waals surface area (Å²) in [6.45, 7) is 6.90. The summed E-state index contributed by atoms with van der Waals surface area (Å²) in [7, 11) is -0.877. The molecule has 1 radical (unpaired) electrons. The Bertz CT molecular complexity index is 800. The Morgan fingerprint density at radius 3 is 1.26 bits per heavy atom. The number of hydrogen-bond acceptors (Lipinski definition) is 1. The summed E-state index contributed by atoms with van der Waals surface area (Å²) in [6, 6.07) is 44.5. The van der Waals surface area contributed by atoms with E-state index in [1.807, 2.05) is 0 Å². The molecule has 0 saturated heterocycles.